The second kappa shape index (κ2) is 4.69. The van der Waals surface area contributed by atoms with E-state index in [1.165, 1.54) is 7.05 Å². The van der Waals surface area contributed by atoms with Gasteiger partial charge in [0.25, 0.3) is 0 Å². The number of nitriles is 1. The number of halogens is 1. The first-order valence-electron chi connectivity index (χ1n) is 6.41. The fourth-order valence-corrected chi connectivity index (χ4v) is 3.00. The lowest BCUT2D eigenvalue weighted by molar-refractivity contribution is -0.764. The smallest absolute Gasteiger partial charge is 0.225 e. The molecule has 0 N–H and O–H groups in total. The standard InChI is InChI=1S/C15H16ClN2O2/c1-8(2)11(7-17)18(4)14(19)10-6-5-9(3)13(16)12(10)15(18)20/h5-6,8,11H,1-4H3/q+1. The number of carbonyl (C=O) groups is 2. The molecule has 0 bridgehead atoms. The molecule has 1 aliphatic heterocycles. The zero-order valence-electron chi connectivity index (χ0n) is 11.9. The highest BCUT2D eigenvalue weighted by molar-refractivity contribution is 6.36. The summed E-state index contributed by atoms with van der Waals surface area (Å²) in [6.07, 6.45) is 0. The molecule has 0 saturated carbocycles. The zero-order chi connectivity index (χ0) is 15.2. The van der Waals surface area contributed by atoms with Crippen molar-refractivity contribution in [3.63, 3.8) is 0 Å². The van der Waals surface area contributed by atoms with Crippen LogP contribution in [0.4, 0.5) is 0 Å². The first kappa shape index (κ1) is 14.7. The van der Waals surface area contributed by atoms with Gasteiger partial charge in [0.1, 0.15) is 11.6 Å². The van der Waals surface area contributed by atoms with Crippen LogP contribution >= 0.6 is 11.6 Å². The van der Waals surface area contributed by atoms with E-state index in [1.54, 1.807) is 19.1 Å². The minimum absolute atomic E-state index is 0.118. The number of benzene rings is 1. The van der Waals surface area contributed by atoms with Crippen molar-refractivity contribution in [2.24, 2.45) is 5.92 Å². The molecule has 5 heteroatoms. The predicted octanol–water partition coefficient (Wildman–Crippen LogP) is 2.94. The van der Waals surface area contributed by atoms with E-state index >= 15 is 0 Å². The molecule has 20 heavy (non-hydrogen) atoms. The van der Waals surface area contributed by atoms with Crippen LogP contribution in [0.15, 0.2) is 12.1 Å². The van der Waals surface area contributed by atoms with Crippen molar-refractivity contribution in [3.05, 3.63) is 33.8 Å². The minimum Gasteiger partial charge on any atom is -0.225 e. The average Bonchev–Trinajstić information content (AvgIpc) is 2.57. The first-order valence-corrected chi connectivity index (χ1v) is 6.79. The zero-order valence-corrected chi connectivity index (χ0v) is 12.7. The van der Waals surface area contributed by atoms with Crippen molar-refractivity contribution in [1.29, 1.82) is 5.26 Å². The number of carbonyl (C=O) groups excluding carboxylic acids is 2. The number of hydrogen-bond acceptors (Lipinski definition) is 3. The van der Waals surface area contributed by atoms with Crippen LogP contribution in [0, 0.1) is 24.2 Å². The van der Waals surface area contributed by atoms with E-state index < -0.39 is 10.5 Å². The van der Waals surface area contributed by atoms with Crippen LogP contribution in [0.1, 0.15) is 40.1 Å². The van der Waals surface area contributed by atoms with E-state index in [1.807, 2.05) is 13.8 Å². The molecule has 2 amide bonds. The van der Waals surface area contributed by atoms with Gasteiger partial charge >= 0.3 is 11.8 Å². The number of hydrogen-bond donors (Lipinski definition) is 0. The average molecular weight is 292 g/mol. The van der Waals surface area contributed by atoms with Crippen molar-refractivity contribution in [1.82, 2.24) is 0 Å². The summed E-state index contributed by atoms with van der Waals surface area (Å²) in [5.74, 6) is -0.863. The van der Waals surface area contributed by atoms with Gasteiger partial charge < -0.3 is 0 Å². The van der Waals surface area contributed by atoms with Crippen molar-refractivity contribution < 1.29 is 14.1 Å². The summed E-state index contributed by atoms with van der Waals surface area (Å²) in [6, 6.07) is 4.72. The molecule has 0 aliphatic carbocycles. The highest BCUT2D eigenvalue weighted by Crippen LogP contribution is 2.37. The fourth-order valence-electron chi connectivity index (χ4n) is 2.76. The maximum Gasteiger partial charge on any atom is 0.356 e. The SMILES string of the molecule is Cc1ccc2c(c1Cl)C(=O)[N+](C)(C(C#N)C(C)C)C2=O. The van der Waals surface area contributed by atoms with Crippen LogP contribution < -0.4 is 0 Å². The lowest BCUT2D eigenvalue weighted by atomic mass is 10.0. The minimum atomic E-state index is -0.723. The van der Waals surface area contributed by atoms with E-state index in [4.69, 9.17) is 11.6 Å². The van der Waals surface area contributed by atoms with Crippen LogP contribution in [0.25, 0.3) is 0 Å². The van der Waals surface area contributed by atoms with Gasteiger partial charge in [-0.2, -0.15) is 9.74 Å². The molecule has 4 nitrogen and oxygen atoms in total. The van der Waals surface area contributed by atoms with E-state index in [0.29, 0.717) is 10.6 Å². The third-order valence-electron chi connectivity index (χ3n) is 3.94. The Bertz CT molecular complexity index is 661. The summed E-state index contributed by atoms with van der Waals surface area (Å²) in [5, 5.41) is 9.67. The van der Waals surface area contributed by atoms with Gasteiger partial charge in [-0.25, -0.2) is 9.59 Å². The number of quaternary nitrogens is 1. The summed E-state index contributed by atoms with van der Waals surface area (Å²) >= 11 is 6.19. The fraction of sp³-hybridized carbons (Fsp3) is 0.400. The van der Waals surface area contributed by atoms with Crippen LogP contribution in [0.3, 0.4) is 0 Å². The molecule has 104 valence electrons. The van der Waals surface area contributed by atoms with Crippen molar-refractivity contribution in [3.8, 4) is 6.07 Å². The van der Waals surface area contributed by atoms with E-state index in [0.717, 1.165) is 5.56 Å². The molecule has 2 atom stereocenters. The Morgan fingerprint density at radius 2 is 1.85 bits per heavy atom. The predicted molar refractivity (Wildman–Crippen MR) is 75.3 cm³/mol. The van der Waals surface area contributed by atoms with Gasteiger partial charge in [-0.3, -0.25) is 0 Å². The van der Waals surface area contributed by atoms with E-state index in [2.05, 4.69) is 6.07 Å². The molecule has 2 rings (SSSR count). The Balaban J connectivity index is 2.70. The number of nitrogens with zero attached hydrogens (tertiary/aromatic N) is 2. The Kier molecular flexibility index (Phi) is 3.45. The van der Waals surface area contributed by atoms with E-state index in [9.17, 15) is 14.9 Å². The highest BCUT2D eigenvalue weighted by Gasteiger charge is 2.57. The van der Waals surface area contributed by atoms with Crippen LogP contribution in [-0.2, 0) is 0 Å². The third kappa shape index (κ3) is 1.71. The molecule has 0 spiro atoms. The second-order valence-electron chi connectivity index (χ2n) is 5.62. The molecule has 0 aromatic heterocycles. The lowest BCUT2D eigenvalue weighted by Crippen LogP contribution is -2.57. The van der Waals surface area contributed by atoms with Gasteiger partial charge in [0, 0.05) is 5.92 Å². The van der Waals surface area contributed by atoms with Gasteiger partial charge in [-0.05, 0) is 18.6 Å². The van der Waals surface area contributed by atoms with Gasteiger partial charge in [-0.1, -0.05) is 31.5 Å². The number of aryl methyl sites for hydroxylation is 1. The molecule has 1 aromatic carbocycles. The normalized spacial score (nSPS) is 22.9. The Morgan fingerprint density at radius 1 is 1.25 bits per heavy atom. The third-order valence-corrected chi connectivity index (χ3v) is 4.43. The van der Waals surface area contributed by atoms with Crippen LogP contribution in [-0.4, -0.2) is 29.4 Å². The van der Waals surface area contributed by atoms with Crippen LogP contribution in [0.2, 0.25) is 5.02 Å². The second-order valence-corrected chi connectivity index (χ2v) is 6.00. The number of amides is 2. The lowest BCUT2D eigenvalue weighted by Gasteiger charge is -2.30. The number of imide groups is 1. The topological polar surface area (TPSA) is 57.9 Å². The largest absolute Gasteiger partial charge is 0.356 e. The first-order chi connectivity index (χ1) is 9.26. The molecule has 1 heterocycles. The van der Waals surface area contributed by atoms with E-state index in [-0.39, 0.29) is 23.3 Å². The maximum atomic E-state index is 12.7. The Hall–Kier alpha value is -1.70. The molecular formula is C15H16ClN2O2+. The van der Waals surface area contributed by atoms with Gasteiger partial charge in [0.2, 0.25) is 0 Å². The van der Waals surface area contributed by atoms with Gasteiger partial charge in [-0.15, -0.1) is 0 Å². The molecule has 0 radical (unpaired) electrons. The molecule has 0 fully saturated rings. The monoisotopic (exact) mass is 291 g/mol. The summed E-state index contributed by atoms with van der Waals surface area (Å²) in [6.45, 7) is 5.44. The molecule has 1 aromatic rings. The number of fused-ring (bicyclic) bond motifs is 1. The summed E-state index contributed by atoms with van der Waals surface area (Å²) in [5.41, 5.74) is 1.31. The van der Waals surface area contributed by atoms with Gasteiger partial charge in [0.15, 0.2) is 6.04 Å². The molecule has 0 saturated heterocycles. The maximum absolute atomic E-state index is 12.7. The number of rotatable bonds is 2. The van der Waals surface area contributed by atoms with Crippen molar-refractivity contribution in [2.45, 2.75) is 26.8 Å². The summed E-state index contributed by atoms with van der Waals surface area (Å²) in [4.78, 5) is 25.4. The molecular weight excluding hydrogens is 276 g/mol. The Morgan fingerprint density at radius 3 is 2.35 bits per heavy atom. The van der Waals surface area contributed by atoms with Crippen molar-refractivity contribution in [2.75, 3.05) is 7.05 Å². The molecule has 2 unspecified atom stereocenters. The summed E-state index contributed by atoms with van der Waals surface area (Å²) < 4.78 is -0.549. The molecule has 1 aliphatic rings. The summed E-state index contributed by atoms with van der Waals surface area (Å²) in [7, 11) is 1.50. The van der Waals surface area contributed by atoms with Gasteiger partial charge in [0.05, 0.1) is 17.6 Å². The Labute approximate surface area is 123 Å². The van der Waals surface area contributed by atoms with Crippen molar-refractivity contribution >= 4 is 23.4 Å². The van der Waals surface area contributed by atoms with Crippen LogP contribution in [0.5, 0.6) is 0 Å². The quantitative estimate of drug-likeness (QED) is 0.622. The highest BCUT2D eigenvalue weighted by atomic mass is 35.5.